The highest BCUT2D eigenvalue weighted by Gasteiger charge is 2.57. The van der Waals surface area contributed by atoms with Gasteiger partial charge in [0.2, 0.25) is 0 Å². The van der Waals surface area contributed by atoms with E-state index in [1.165, 1.54) is 30.5 Å². The lowest BCUT2D eigenvalue weighted by molar-refractivity contribution is -0.171. The molecule has 0 spiro atoms. The monoisotopic (exact) mass is 449 g/mol. The normalized spacial score (nSPS) is 20.3. The second-order valence-corrected chi connectivity index (χ2v) is 7.30. The van der Waals surface area contributed by atoms with Crippen LogP contribution in [0.3, 0.4) is 0 Å². The summed E-state index contributed by atoms with van der Waals surface area (Å²) in [4.78, 5) is 1.58. The van der Waals surface area contributed by atoms with Crippen molar-refractivity contribution in [2.75, 3.05) is 11.4 Å². The zero-order valence-electron chi connectivity index (χ0n) is 12.8. The summed E-state index contributed by atoms with van der Waals surface area (Å²) in [6.07, 6.45) is -1.85. The van der Waals surface area contributed by atoms with Crippen molar-refractivity contribution in [1.29, 1.82) is 0 Å². The lowest BCUT2D eigenvalue weighted by atomic mass is 9.80. The lowest BCUT2D eigenvalue weighted by Gasteiger charge is -2.32. The Morgan fingerprint density at radius 3 is 2.16 bits per heavy atom. The predicted molar refractivity (Wildman–Crippen MR) is 99.8 cm³/mol. The Morgan fingerprint density at radius 1 is 1.04 bits per heavy atom. The van der Waals surface area contributed by atoms with Gasteiger partial charge >= 0.3 is 6.18 Å². The quantitative estimate of drug-likeness (QED) is 0.469. The first-order valence-corrected chi connectivity index (χ1v) is 9.27. The number of anilines is 1. The second-order valence-electron chi connectivity index (χ2n) is 5.87. The van der Waals surface area contributed by atoms with Crippen molar-refractivity contribution < 1.29 is 13.2 Å². The van der Waals surface area contributed by atoms with E-state index < -0.39 is 11.6 Å². The Morgan fingerprint density at radius 2 is 1.64 bits per heavy atom. The Bertz CT molecular complexity index is 785. The molecular formula is C18H13BrCl2F3N. The first kappa shape index (κ1) is 18.6. The van der Waals surface area contributed by atoms with Gasteiger partial charge in [-0.3, -0.25) is 0 Å². The number of hydrogen-bond acceptors (Lipinski definition) is 1. The van der Waals surface area contributed by atoms with Crippen molar-refractivity contribution in [2.24, 2.45) is 0 Å². The molecule has 1 heterocycles. The van der Waals surface area contributed by atoms with Gasteiger partial charge in [0.25, 0.3) is 0 Å². The van der Waals surface area contributed by atoms with Crippen LogP contribution in [0.25, 0.3) is 0 Å². The molecule has 0 aromatic heterocycles. The molecule has 0 saturated carbocycles. The first-order chi connectivity index (χ1) is 11.7. The number of nitrogens with zero attached hydrogens (tertiary/aromatic N) is 1. The van der Waals surface area contributed by atoms with E-state index in [1.54, 1.807) is 17.0 Å². The second kappa shape index (κ2) is 6.86. The fourth-order valence-corrected chi connectivity index (χ4v) is 3.79. The number of halogens is 6. The van der Waals surface area contributed by atoms with E-state index in [-0.39, 0.29) is 22.2 Å². The third-order valence-corrected chi connectivity index (χ3v) is 5.35. The van der Waals surface area contributed by atoms with Gasteiger partial charge in [-0.1, -0.05) is 51.3 Å². The van der Waals surface area contributed by atoms with Gasteiger partial charge in [0.05, 0.1) is 0 Å². The number of alkyl halides is 4. The SMILES string of the molecule is FC(F)(F)C1(c2cc(Cl)cc(Cl)c2)C=CN(c2ccc(CBr)cc2)C1. The fraction of sp³-hybridized carbons (Fsp3) is 0.222. The molecule has 0 radical (unpaired) electrons. The van der Waals surface area contributed by atoms with Gasteiger partial charge in [-0.15, -0.1) is 0 Å². The molecule has 1 aliphatic rings. The maximum absolute atomic E-state index is 14.0. The van der Waals surface area contributed by atoms with Gasteiger partial charge in [-0.25, -0.2) is 0 Å². The summed E-state index contributed by atoms with van der Waals surface area (Å²) in [5.41, 5.74) is -0.375. The molecule has 0 amide bonds. The van der Waals surface area contributed by atoms with Crippen LogP contribution in [0.2, 0.25) is 10.0 Å². The van der Waals surface area contributed by atoms with Crippen molar-refractivity contribution in [1.82, 2.24) is 0 Å². The van der Waals surface area contributed by atoms with Crippen LogP contribution < -0.4 is 4.90 Å². The van der Waals surface area contributed by atoms with Crippen LogP contribution in [0.4, 0.5) is 18.9 Å². The minimum Gasteiger partial charge on any atom is -0.347 e. The summed E-state index contributed by atoms with van der Waals surface area (Å²) in [5.74, 6) is 0. The molecule has 2 aromatic carbocycles. The highest BCUT2D eigenvalue weighted by Crippen LogP contribution is 2.47. The van der Waals surface area contributed by atoms with Crippen LogP contribution in [0.5, 0.6) is 0 Å². The number of rotatable bonds is 3. The average Bonchev–Trinajstić information content (AvgIpc) is 3.00. The molecule has 2 aromatic rings. The van der Waals surface area contributed by atoms with Gasteiger partial charge < -0.3 is 4.90 Å². The Labute approximate surface area is 162 Å². The summed E-state index contributed by atoms with van der Waals surface area (Å²) in [5, 5.41) is 1.05. The van der Waals surface area contributed by atoms with Crippen LogP contribution in [0, 0.1) is 0 Å². The largest absolute Gasteiger partial charge is 0.403 e. The van der Waals surface area contributed by atoms with Gasteiger partial charge in [-0.05, 0) is 47.5 Å². The van der Waals surface area contributed by atoms with Crippen molar-refractivity contribution >= 4 is 44.8 Å². The third-order valence-electron chi connectivity index (χ3n) is 4.26. The van der Waals surface area contributed by atoms with Gasteiger partial charge in [0.15, 0.2) is 0 Å². The fourth-order valence-electron chi connectivity index (χ4n) is 2.89. The molecule has 25 heavy (non-hydrogen) atoms. The average molecular weight is 451 g/mol. The minimum absolute atomic E-state index is 0.0355. The Balaban J connectivity index is 2.00. The molecule has 1 nitrogen and oxygen atoms in total. The Hall–Kier alpha value is -1.17. The molecule has 132 valence electrons. The molecule has 1 atom stereocenters. The topological polar surface area (TPSA) is 3.24 Å². The van der Waals surface area contributed by atoms with Crippen LogP contribution in [0.15, 0.2) is 54.7 Å². The molecule has 3 rings (SSSR count). The van der Waals surface area contributed by atoms with Crippen LogP contribution >= 0.6 is 39.1 Å². The lowest BCUT2D eigenvalue weighted by Crippen LogP contribution is -2.45. The number of benzene rings is 2. The van der Waals surface area contributed by atoms with Crippen molar-refractivity contribution in [2.45, 2.75) is 16.9 Å². The van der Waals surface area contributed by atoms with Crippen LogP contribution in [-0.4, -0.2) is 12.7 Å². The van der Waals surface area contributed by atoms with E-state index in [9.17, 15) is 13.2 Å². The van der Waals surface area contributed by atoms with Crippen molar-refractivity contribution in [3.8, 4) is 0 Å². The van der Waals surface area contributed by atoms with Crippen molar-refractivity contribution in [3.63, 3.8) is 0 Å². The first-order valence-electron chi connectivity index (χ1n) is 7.39. The molecule has 0 saturated heterocycles. The molecule has 1 unspecified atom stereocenters. The summed E-state index contributed by atoms with van der Waals surface area (Å²) in [6, 6.07) is 11.4. The van der Waals surface area contributed by atoms with Gasteiger partial charge in [0, 0.05) is 33.8 Å². The molecule has 0 fully saturated rings. The van der Waals surface area contributed by atoms with Crippen molar-refractivity contribution in [3.05, 3.63) is 75.9 Å². The summed E-state index contributed by atoms with van der Waals surface area (Å²) in [7, 11) is 0. The van der Waals surface area contributed by atoms with E-state index in [0.717, 1.165) is 5.56 Å². The predicted octanol–water partition coefficient (Wildman–Crippen LogP) is 6.72. The highest BCUT2D eigenvalue weighted by molar-refractivity contribution is 9.08. The van der Waals surface area contributed by atoms with E-state index in [4.69, 9.17) is 23.2 Å². The standard InChI is InChI=1S/C18H13BrCl2F3N/c19-10-12-1-3-16(4-2-12)25-6-5-17(11-25,18(22,23)24)13-7-14(20)9-15(21)8-13/h1-9H,10-11H2. The molecule has 0 N–H and O–H groups in total. The van der Waals surface area contributed by atoms with E-state index >= 15 is 0 Å². The zero-order valence-corrected chi connectivity index (χ0v) is 15.9. The van der Waals surface area contributed by atoms with E-state index in [0.29, 0.717) is 11.0 Å². The maximum atomic E-state index is 14.0. The summed E-state index contributed by atoms with van der Waals surface area (Å²) < 4.78 is 42.0. The Kier molecular flexibility index (Phi) is 5.11. The van der Waals surface area contributed by atoms with Gasteiger partial charge in [0.1, 0.15) is 5.41 Å². The van der Waals surface area contributed by atoms with Gasteiger partial charge in [-0.2, -0.15) is 13.2 Å². The van der Waals surface area contributed by atoms with Crippen LogP contribution in [0.1, 0.15) is 11.1 Å². The summed E-state index contributed by atoms with van der Waals surface area (Å²) >= 11 is 15.2. The molecular weight excluding hydrogens is 438 g/mol. The minimum atomic E-state index is -4.48. The van der Waals surface area contributed by atoms with Crippen LogP contribution in [-0.2, 0) is 10.7 Å². The number of hydrogen-bond donors (Lipinski definition) is 0. The van der Waals surface area contributed by atoms with E-state index in [1.807, 2.05) is 12.1 Å². The molecule has 7 heteroatoms. The molecule has 0 aliphatic carbocycles. The van der Waals surface area contributed by atoms with E-state index in [2.05, 4.69) is 15.9 Å². The zero-order chi connectivity index (χ0) is 18.2. The maximum Gasteiger partial charge on any atom is 0.403 e. The highest BCUT2D eigenvalue weighted by atomic mass is 79.9. The smallest absolute Gasteiger partial charge is 0.347 e. The molecule has 1 aliphatic heterocycles. The summed E-state index contributed by atoms with van der Waals surface area (Å²) in [6.45, 7) is -0.263. The third kappa shape index (κ3) is 3.55. The molecule has 0 bridgehead atoms.